The molecule has 80 valence electrons. The topological polar surface area (TPSA) is 25.4 Å². The molecule has 1 aliphatic carbocycles. The maximum absolute atomic E-state index is 13.1. The van der Waals surface area contributed by atoms with Gasteiger partial charge in [0.25, 0.3) is 5.92 Å². The van der Waals surface area contributed by atoms with Crippen LogP contribution in [-0.4, -0.2) is 17.0 Å². The van der Waals surface area contributed by atoms with Gasteiger partial charge in [0.2, 0.25) is 0 Å². The van der Waals surface area contributed by atoms with E-state index in [9.17, 15) is 8.78 Å². The van der Waals surface area contributed by atoms with E-state index >= 15 is 0 Å². The zero-order valence-electron chi connectivity index (χ0n) is 8.12. The van der Waals surface area contributed by atoms with E-state index in [1.165, 1.54) is 0 Å². The lowest BCUT2D eigenvalue weighted by atomic mass is 9.84. The molecule has 0 aromatic carbocycles. The second kappa shape index (κ2) is 2.76. The molecule has 1 saturated heterocycles. The summed E-state index contributed by atoms with van der Waals surface area (Å²) >= 11 is 0. The number of alkyl halides is 2. The Morgan fingerprint density at radius 2 is 2.20 bits per heavy atom. The van der Waals surface area contributed by atoms with Crippen LogP contribution in [0.3, 0.4) is 0 Å². The molecule has 0 spiro atoms. The van der Waals surface area contributed by atoms with Crippen molar-refractivity contribution in [3.63, 3.8) is 0 Å². The molecular weight excluding hydrogens is 200 g/mol. The van der Waals surface area contributed by atoms with Crippen LogP contribution in [0.1, 0.15) is 25.0 Å². The molecule has 0 bridgehead atoms. The first-order valence-corrected chi connectivity index (χ1v) is 5.10. The van der Waals surface area contributed by atoms with Crippen molar-refractivity contribution in [2.24, 2.45) is 0 Å². The highest BCUT2D eigenvalue weighted by molar-refractivity contribution is 5.24. The lowest BCUT2D eigenvalue weighted by molar-refractivity contribution is -0.0330. The third kappa shape index (κ3) is 1.35. The third-order valence-corrected chi connectivity index (χ3v) is 3.26. The second-order valence-electron chi connectivity index (χ2n) is 4.27. The Kier molecular flexibility index (Phi) is 1.69. The highest BCUT2D eigenvalue weighted by atomic mass is 19.3. The minimum absolute atomic E-state index is 0.0971. The summed E-state index contributed by atoms with van der Waals surface area (Å²) in [6.45, 7) is 0. The Hall–Kier alpha value is -1.03. The van der Waals surface area contributed by atoms with Gasteiger partial charge in [-0.2, -0.15) is 0 Å². The number of fused-ring (bicyclic) bond motifs is 1. The minimum Gasteiger partial charge on any atom is -0.359 e. The van der Waals surface area contributed by atoms with Gasteiger partial charge in [-0.15, -0.1) is 0 Å². The van der Waals surface area contributed by atoms with Crippen molar-refractivity contribution in [1.29, 1.82) is 0 Å². The molecule has 2 fully saturated rings. The smallest absolute Gasteiger partial charge is 0.250 e. The van der Waals surface area contributed by atoms with Crippen LogP contribution in [-0.2, 0) is 10.3 Å². The number of rotatable bonds is 1. The second-order valence-corrected chi connectivity index (χ2v) is 4.27. The number of ether oxygens (including phenoxy) is 1. The molecule has 0 N–H and O–H groups in total. The first-order chi connectivity index (χ1) is 7.12. The number of halogens is 2. The van der Waals surface area contributed by atoms with Gasteiger partial charge in [-0.05, 0) is 18.6 Å². The van der Waals surface area contributed by atoms with Crippen LogP contribution in [0.4, 0.5) is 8.78 Å². The fraction of sp³-hybridized carbons (Fsp3) is 0.545. The molecule has 2 nitrogen and oxygen atoms in total. The van der Waals surface area contributed by atoms with Gasteiger partial charge in [0.15, 0.2) is 0 Å². The largest absolute Gasteiger partial charge is 0.359 e. The van der Waals surface area contributed by atoms with Gasteiger partial charge < -0.3 is 4.74 Å². The quantitative estimate of drug-likeness (QED) is 0.667. The number of pyridine rings is 1. The zero-order valence-corrected chi connectivity index (χ0v) is 8.12. The van der Waals surface area contributed by atoms with Gasteiger partial charge in [-0.3, -0.25) is 4.98 Å². The number of nitrogens with zero attached hydrogens (tertiary/aromatic N) is 1. The van der Waals surface area contributed by atoms with Crippen molar-refractivity contribution < 1.29 is 13.5 Å². The molecule has 2 heterocycles. The summed E-state index contributed by atoms with van der Waals surface area (Å²) in [7, 11) is 0. The average Bonchev–Trinajstić information content (AvgIpc) is 2.92. The summed E-state index contributed by atoms with van der Waals surface area (Å²) in [5.74, 6) is -2.56. The van der Waals surface area contributed by atoms with E-state index in [1.54, 1.807) is 6.20 Å². The lowest BCUT2D eigenvalue weighted by Gasteiger charge is -2.23. The van der Waals surface area contributed by atoms with Gasteiger partial charge in [0.1, 0.15) is 5.60 Å². The first kappa shape index (κ1) is 9.21. The predicted molar refractivity (Wildman–Crippen MR) is 49.6 cm³/mol. The van der Waals surface area contributed by atoms with Crippen molar-refractivity contribution in [1.82, 2.24) is 4.98 Å². The van der Waals surface area contributed by atoms with E-state index in [-0.39, 0.29) is 18.9 Å². The van der Waals surface area contributed by atoms with Crippen molar-refractivity contribution in [3.8, 4) is 0 Å². The molecule has 1 aromatic rings. The number of hydrogen-bond donors (Lipinski definition) is 0. The number of epoxide rings is 1. The molecule has 0 amide bonds. The Bertz CT molecular complexity index is 381. The van der Waals surface area contributed by atoms with Crippen molar-refractivity contribution in [3.05, 3.63) is 30.1 Å². The molecule has 1 saturated carbocycles. The molecule has 15 heavy (non-hydrogen) atoms. The predicted octanol–water partition coefficient (Wildman–Crippen LogP) is 2.49. The summed E-state index contributed by atoms with van der Waals surface area (Å²) in [4.78, 5) is 4.19. The Balaban J connectivity index is 1.86. The van der Waals surface area contributed by atoms with E-state index in [4.69, 9.17) is 4.74 Å². The van der Waals surface area contributed by atoms with E-state index in [2.05, 4.69) is 4.98 Å². The fourth-order valence-corrected chi connectivity index (χ4v) is 2.35. The van der Waals surface area contributed by atoms with Crippen LogP contribution in [0.15, 0.2) is 24.4 Å². The van der Waals surface area contributed by atoms with E-state index in [1.807, 2.05) is 18.2 Å². The third-order valence-electron chi connectivity index (χ3n) is 3.26. The molecule has 1 aromatic heterocycles. The average molecular weight is 211 g/mol. The van der Waals surface area contributed by atoms with Gasteiger partial charge in [0, 0.05) is 19.0 Å². The summed E-state index contributed by atoms with van der Waals surface area (Å²) in [6, 6.07) is 5.53. The Labute approximate surface area is 86.3 Å². The van der Waals surface area contributed by atoms with E-state index < -0.39 is 11.5 Å². The maximum atomic E-state index is 13.1. The minimum atomic E-state index is -2.56. The summed E-state index contributed by atoms with van der Waals surface area (Å²) in [6.07, 6.45) is 1.46. The fourth-order valence-electron chi connectivity index (χ4n) is 2.35. The van der Waals surface area contributed by atoms with Gasteiger partial charge >= 0.3 is 0 Å². The van der Waals surface area contributed by atoms with Crippen molar-refractivity contribution >= 4 is 0 Å². The van der Waals surface area contributed by atoms with E-state index in [0.717, 1.165) is 5.69 Å². The SMILES string of the molecule is FC1(F)CC[C@]2(c3ccccn3)O[C@@H]2C1. The van der Waals surface area contributed by atoms with Crippen LogP contribution < -0.4 is 0 Å². The number of aromatic nitrogens is 1. The Morgan fingerprint density at radius 3 is 2.87 bits per heavy atom. The van der Waals surface area contributed by atoms with Crippen LogP contribution in [0.5, 0.6) is 0 Å². The highest BCUT2D eigenvalue weighted by Gasteiger charge is 2.65. The molecule has 4 heteroatoms. The molecular formula is C11H11F2NO. The monoisotopic (exact) mass is 211 g/mol. The number of hydrogen-bond acceptors (Lipinski definition) is 2. The molecule has 3 rings (SSSR count). The first-order valence-electron chi connectivity index (χ1n) is 5.10. The molecule has 0 unspecified atom stereocenters. The summed E-state index contributed by atoms with van der Waals surface area (Å²) in [5.41, 5.74) is 0.300. The summed E-state index contributed by atoms with van der Waals surface area (Å²) < 4.78 is 31.6. The standard InChI is InChI=1S/C11H11F2NO/c12-10(13)4-5-11(9(7-10)15-11)8-3-1-2-6-14-8/h1-3,6,9H,4-5,7H2/t9-,11-/m1/s1. The van der Waals surface area contributed by atoms with Crippen LogP contribution in [0.25, 0.3) is 0 Å². The lowest BCUT2D eigenvalue weighted by Crippen LogP contribution is -2.30. The van der Waals surface area contributed by atoms with Gasteiger partial charge in [-0.1, -0.05) is 6.07 Å². The van der Waals surface area contributed by atoms with E-state index in [0.29, 0.717) is 6.42 Å². The van der Waals surface area contributed by atoms with Crippen LogP contribution in [0.2, 0.25) is 0 Å². The summed E-state index contributed by atoms with van der Waals surface area (Å²) in [5, 5.41) is 0. The van der Waals surface area contributed by atoms with Crippen LogP contribution in [0, 0.1) is 0 Å². The molecule has 1 aliphatic heterocycles. The molecule has 2 aliphatic rings. The molecule has 2 atom stereocenters. The zero-order chi connectivity index (χ0) is 10.5. The van der Waals surface area contributed by atoms with Crippen molar-refractivity contribution in [2.75, 3.05) is 0 Å². The highest BCUT2D eigenvalue weighted by Crippen LogP contribution is 2.58. The molecule has 0 radical (unpaired) electrons. The van der Waals surface area contributed by atoms with Crippen molar-refractivity contribution in [2.45, 2.75) is 36.9 Å². The maximum Gasteiger partial charge on any atom is 0.250 e. The van der Waals surface area contributed by atoms with Crippen LogP contribution >= 0.6 is 0 Å². The normalized spacial score (nSPS) is 37.1. The van der Waals surface area contributed by atoms with Gasteiger partial charge in [-0.25, -0.2) is 8.78 Å². The van der Waals surface area contributed by atoms with Gasteiger partial charge in [0.05, 0.1) is 11.8 Å². The Morgan fingerprint density at radius 1 is 1.33 bits per heavy atom.